The molecule has 0 bridgehead atoms. The summed E-state index contributed by atoms with van der Waals surface area (Å²) in [7, 11) is 4.62. The molecule has 122 valence electrons. The summed E-state index contributed by atoms with van der Waals surface area (Å²) in [6, 6.07) is 7.88. The molecule has 1 unspecified atom stereocenters. The Morgan fingerprint density at radius 1 is 1.17 bits per heavy atom. The lowest BCUT2D eigenvalue weighted by molar-refractivity contribution is 0.0932. The highest BCUT2D eigenvalue weighted by Crippen LogP contribution is 2.29. The van der Waals surface area contributed by atoms with Gasteiger partial charge in [-0.15, -0.1) is 0 Å². The molecule has 0 aliphatic carbocycles. The zero-order valence-electron chi connectivity index (χ0n) is 13.5. The van der Waals surface area contributed by atoms with Crippen molar-refractivity contribution in [1.82, 2.24) is 15.1 Å². The van der Waals surface area contributed by atoms with Gasteiger partial charge >= 0.3 is 0 Å². The average molecular weight is 317 g/mol. The van der Waals surface area contributed by atoms with Crippen LogP contribution in [0.2, 0.25) is 0 Å². The van der Waals surface area contributed by atoms with E-state index in [1.54, 1.807) is 26.4 Å². The third-order valence-corrected chi connectivity index (χ3v) is 3.45. The Bertz CT molecular complexity index is 770. The quantitative estimate of drug-likeness (QED) is 0.898. The van der Waals surface area contributed by atoms with Gasteiger partial charge in [0.1, 0.15) is 5.69 Å². The van der Waals surface area contributed by atoms with Crippen molar-refractivity contribution >= 4 is 5.91 Å². The van der Waals surface area contributed by atoms with Gasteiger partial charge in [0.05, 0.1) is 20.3 Å². The second-order valence-electron chi connectivity index (χ2n) is 4.99. The minimum absolute atomic E-state index is 0.180. The lowest BCUT2D eigenvalue weighted by atomic mass is 10.1. The molecule has 2 aromatic rings. The molecule has 1 amide bonds. The first-order valence-corrected chi connectivity index (χ1v) is 7.03. The fourth-order valence-electron chi connectivity index (χ4n) is 2.10. The summed E-state index contributed by atoms with van der Waals surface area (Å²) in [6.45, 7) is 1.85. The zero-order chi connectivity index (χ0) is 17.0. The maximum absolute atomic E-state index is 12.2. The van der Waals surface area contributed by atoms with Crippen LogP contribution in [-0.2, 0) is 7.05 Å². The summed E-state index contributed by atoms with van der Waals surface area (Å²) in [5.41, 5.74) is 0.773. The smallest absolute Gasteiger partial charge is 0.272 e. The molecule has 2 rings (SSSR count). The second-order valence-corrected chi connectivity index (χ2v) is 4.99. The number of methoxy groups -OCH3 is 2. The minimum Gasteiger partial charge on any atom is -0.493 e. The molecule has 1 heterocycles. The largest absolute Gasteiger partial charge is 0.493 e. The molecular formula is C16H19N3O4. The predicted molar refractivity (Wildman–Crippen MR) is 84.9 cm³/mol. The SMILES string of the molecule is COc1ccc(C(C)NC(=O)c2ccc(=O)n(C)n2)cc1OC. The number of nitrogens with one attached hydrogen (secondary N) is 1. The van der Waals surface area contributed by atoms with Gasteiger partial charge in [-0.1, -0.05) is 6.07 Å². The first-order chi connectivity index (χ1) is 11.0. The van der Waals surface area contributed by atoms with Gasteiger partial charge in [0.25, 0.3) is 11.5 Å². The first kappa shape index (κ1) is 16.5. The van der Waals surface area contributed by atoms with Crippen LogP contribution < -0.4 is 20.3 Å². The van der Waals surface area contributed by atoms with Crippen LogP contribution in [0.1, 0.15) is 29.0 Å². The van der Waals surface area contributed by atoms with Crippen LogP contribution in [0, 0.1) is 0 Å². The fraction of sp³-hybridized carbons (Fsp3) is 0.312. The van der Waals surface area contributed by atoms with Crippen molar-refractivity contribution in [1.29, 1.82) is 0 Å². The highest BCUT2D eigenvalue weighted by atomic mass is 16.5. The van der Waals surface area contributed by atoms with Gasteiger partial charge < -0.3 is 14.8 Å². The number of hydrogen-bond acceptors (Lipinski definition) is 5. The predicted octanol–water partition coefficient (Wildman–Crippen LogP) is 1.29. The van der Waals surface area contributed by atoms with E-state index in [9.17, 15) is 9.59 Å². The normalized spacial score (nSPS) is 11.7. The van der Waals surface area contributed by atoms with Crippen LogP contribution in [-0.4, -0.2) is 29.9 Å². The number of aryl methyl sites for hydroxylation is 1. The van der Waals surface area contributed by atoms with Crippen molar-refractivity contribution in [2.24, 2.45) is 7.05 Å². The van der Waals surface area contributed by atoms with Gasteiger partial charge in [-0.2, -0.15) is 5.10 Å². The summed E-state index contributed by atoms with van der Waals surface area (Å²) in [4.78, 5) is 23.5. The van der Waals surface area contributed by atoms with Gasteiger partial charge in [-0.05, 0) is 30.7 Å². The number of carbonyl (C=O) groups excluding carboxylic acids is 1. The van der Waals surface area contributed by atoms with Gasteiger partial charge in [-0.3, -0.25) is 9.59 Å². The lowest BCUT2D eigenvalue weighted by Crippen LogP contribution is -2.30. The van der Waals surface area contributed by atoms with Crippen molar-refractivity contribution in [3.8, 4) is 11.5 Å². The van der Waals surface area contributed by atoms with Gasteiger partial charge in [0.15, 0.2) is 11.5 Å². The Kier molecular flexibility index (Phi) is 5.00. The van der Waals surface area contributed by atoms with Gasteiger partial charge in [0.2, 0.25) is 0 Å². The molecule has 0 saturated heterocycles. The van der Waals surface area contributed by atoms with E-state index < -0.39 is 0 Å². The van der Waals surface area contributed by atoms with Crippen LogP contribution in [0.3, 0.4) is 0 Å². The molecule has 7 heteroatoms. The monoisotopic (exact) mass is 317 g/mol. The lowest BCUT2D eigenvalue weighted by Gasteiger charge is -2.16. The fourth-order valence-corrected chi connectivity index (χ4v) is 2.10. The van der Waals surface area contributed by atoms with Crippen molar-refractivity contribution in [3.05, 3.63) is 51.9 Å². The van der Waals surface area contributed by atoms with E-state index in [1.807, 2.05) is 13.0 Å². The van der Waals surface area contributed by atoms with E-state index in [0.29, 0.717) is 11.5 Å². The van der Waals surface area contributed by atoms with E-state index in [1.165, 1.54) is 19.2 Å². The summed E-state index contributed by atoms with van der Waals surface area (Å²) in [5, 5.41) is 6.76. The Hall–Kier alpha value is -2.83. The van der Waals surface area contributed by atoms with Gasteiger partial charge in [0, 0.05) is 13.1 Å². The van der Waals surface area contributed by atoms with Crippen LogP contribution >= 0.6 is 0 Å². The first-order valence-electron chi connectivity index (χ1n) is 7.03. The van der Waals surface area contributed by atoms with Crippen molar-refractivity contribution < 1.29 is 14.3 Å². The summed E-state index contributed by atoms with van der Waals surface area (Å²) in [5.74, 6) is 0.851. The number of amides is 1. The Morgan fingerprint density at radius 2 is 1.87 bits per heavy atom. The van der Waals surface area contributed by atoms with Crippen molar-refractivity contribution in [2.75, 3.05) is 14.2 Å². The molecular weight excluding hydrogens is 298 g/mol. The molecule has 1 aromatic carbocycles. The third kappa shape index (κ3) is 3.68. The Balaban J connectivity index is 2.17. The number of aromatic nitrogens is 2. The molecule has 1 aromatic heterocycles. The number of ether oxygens (including phenoxy) is 2. The number of benzene rings is 1. The van der Waals surface area contributed by atoms with Crippen LogP contribution in [0.4, 0.5) is 0 Å². The van der Waals surface area contributed by atoms with Gasteiger partial charge in [-0.25, -0.2) is 4.68 Å². The molecule has 0 aliphatic heterocycles. The Labute approximate surface area is 133 Å². The average Bonchev–Trinajstić information content (AvgIpc) is 2.56. The van der Waals surface area contributed by atoms with E-state index in [2.05, 4.69) is 10.4 Å². The zero-order valence-corrected chi connectivity index (χ0v) is 13.5. The third-order valence-electron chi connectivity index (χ3n) is 3.45. The highest BCUT2D eigenvalue weighted by Gasteiger charge is 2.15. The standard InChI is InChI=1S/C16H19N3O4/c1-10(11-5-7-13(22-3)14(9-11)23-4)17-16(21)12-6-8-15(20)19(2)18-12/h5-10H,1-4H3,(H,17,21). The molecule has 0 spiro atoms. The molecule has 0 saturated carbocycles. The summed E-state index contributed by atoms with van der Waals surface area (Å²) >= 11 is 0. The maximum atomic E-state index is 12.2. The second kappa shape index (κ2) is 6.95. The molecule has 0 aliphatic rings. The van der Waals surface area contributed by atoms with E-state index in [4.69, 9.17) is 9.47 Å². The molecule has 23 heavy (non-hydrogen) atoms. The van der Waals surface area contributed by atoms with Crippen LogP contribution in [0.25, 0.3) is 0 Å². The Morgan fingerprint density at radius 3 is 2.48 bits per heavy atom. The number of nitrogens with zero attached hydrogens (tertiary/aromatic N) is 2. The summed E-state index contributed by atoms with van der Waals surface area (Å²) in [6.07, 6.45) is 0. The van der Waals surface area contributed by atoms with Crippen molar-refractivity contribution in [2.45, 2.75) is 13.0 Å². The molecule has 0 radical (unpaired) electrons. The van der Waals surface area contributed by atoms with E-state index in [0.717, 1.165) is 10.2 Å². The van der Waals surface area contributed by atoms with E-state index in [-0.39, 0.29) is 23.2 Å². The molecule has 7 nitrogen and oxygen atoms in total. The molecule has 1 N–H and O–H groups in total. The van der Waals surface area contributed by atoms with Crippen LogP contribution in [0.15, 0.2) is 35.1 Å². The van der Waals surface area contributed by atoms with Crippen LogP contribution in [0.5, 0.6) is 11.5 Å². The topological polar surface area (TPSA) is 82.5 Å². The van der Waals surface area contributed by atoms with Crippen molar-refractivity contribution in [3.63, 3.8) is 0 Å². The number of rotatable bonds is 5. The number of hydrogen-bond donors (Lipinski definition) is 1. The molecule has 0 fully saturated rings. The maximum Gasteiger partial charge on any atom is 0.272 e. The molecule has 1 atom stereocenters. The minimum atomic E-state index is -0.358. The summed E-state index contributed by atoms with van der Waals surface area (Å²) < 4.78 is 11.6. The number of carbonyl (C=O) groups is 1. The van der Waals surface area contributed by atoms with E-state index >= 15 is 0 Å². The highest BCUT2D eigenvalue weighted by molar-refractivity contribution is 5.92.